The van der Waals surface area contributed by atoms with Crippen molar-refractivity contribution in [3.05, 3.63) is 34.9 Å². The van der Waals surface area contributed by atoms with Crippen LogP contribution in [0.25, 0.3) is 0 Å². The van der Waals surface area contributed by atoms with Crippen LogP contribution >= 0.6 is 0 Å². The van der Waals surface area contributed by atoms with Gasteiger partial charge in [-0.15, -0.1) is 0 Å². The first-order valence-corrected chi connectivity index (χ1v) is 6.88. The fourth-order valence-corrected chi connectivity index (χ4v) is 1.74. The molecule has 0 aromatic carbocycles. The number of amides is 1. The fourth-order valence-electron chi connectivity index (χ4n) is 1.74. The number of nitrogens with zero attached hydrogens (tertiary/aromatic N) is 1. The van der Waals surface area contributed by atoms with E-state index in [-0.39, 0.29) is 0 Å². The van der Waals surface area contributed by atoms with Gasteiger partial charge in [-0.25, -0.2) is 0 Å². The van der Waals surface area contributed by atoms with E-state index in [9.17, 15) is 4.79 Å². The van der Waals surface area contributed by atoms with E-state index < -0.39 is 0 Å². The van der Waals surface area contributed by atoms with Crippen molar-refractivity contribution < 1.29 is 4.79 Å². The quantitative estimate of drug-likeness (QED) is 0.672. The molecule has 18 heavy (non-hydrogen) atoms. The normalized spacial score (nSPS) is 14.4. The summed E-state index contributed by atoms with van der Waals surface area (Å²) < 4.78 is 0. The molecule has 0 saturated heterocycles. The third kappa shape index (κ3) is 5.85. The van der Waals surface area contributed by atoms with Gasteiger partial charge < -0.3 is 4.90 Å². The fraction of sp³-hybridized carbons (Fsp3) is 0.562. The Labute approximate surface area is 112 Å². The summed E-state index contributed by atoms with van der Waals surface area (Å²) in [6, 6.07) is 0. The number of hydrogen-bond acceptors (Lipinski definition) is 1. The van der Waals surface area contributed by atoms with E-state index >= 15 is 0 Å². The Kier molecular flexibility index (Phi) is 8.99. The maximum atomic E-state index is 10.5. The molecule has 1 amide bonds. The molecule has 0 atom stereocenters. The van der Waals surface area contributed by atoms with Crippen molar-refractivity contribution >= 4 is 6.41 Å². The van der Waals surface area contributed by atoms with Gasteiger partial charge in [-0.2, -0.15) is 0 Å². The number of carbonyl (C=O) groups is 1. The number of allylic oxidation sites excluding steroid dienone is 5. The summed E-state index contributed by atoms with van der Waals surface area (Å²) in [5.74, 6) is 0. The van der Waals surface area contributed by atoms with Crippen LogP contribution in [0.2, 0.25) is 0 Å². The van der Waals surface area contributed by atoms with Gasteiger partial charge in [0.2, 0.25) is 6.41 Å². The lowest BCUT2D eigenvalue weighted by atomic mass is 10.0. The predicted octanol–water partition coefficient (Wildman–Crippen LogP) is 4.10. The summed E-state index contributed by atoms with van der Waals surface area (Å²) in [5.41, 5.74) is 4.19. The molecule has 2 heteroatoms. The highest BCUT2D eigenvalue weighted by atomic mass is 16.1. The largest absolute Gasteiger partial charge is 0.348 e. The van der Waals surface area contributed by atoms with E-state index in [1.807, 2.05) is 20.9 Å². The van der Waals surface area contributed by atoms with E-state index in [0.29, 0.717) is 0 Å². The van der Waals surface area contributed by atoms with Crippen molar-refractivity contribution in [1.29, 1.82) is 0 Å². The molecule has 0 unspecified atom stereocenters. The Hall–Kier alpha value is -1.31. The second kappa shape index (κ2) is 9.69. The van der Waals surface area contributed by atoms with Crippen LogP contribution in [-0.4, -0.2) is 24.9 Å². The Morgan fingerprint density at radius 1 is 1.33 bits per heavy atom. The van der Waals surface area contributed by atoms with Gasteiger partial charge in [0, 0.05) is 13.6 Å². The smallest absolute Gasteiger partial charge is 0.209 e. The highest BCUT2D eigenvalue weighted by Gasteiger charge is 2.04. The molecule has 0 fully saturated rings. The first-order chi connectivity index (χ1) is 8.67. The summed E-state index contributed by atoms with van der Waals surface area (Å²) in [6.45, 7) is 9.15. The summed E-state index contributed by atoms with van der Waals surface area (Å²) >= 11 is 0. The molecule has 0 spiro atoms. The van der Waals surface area contributed by atoms with Crippen LogP contribution in [0, 0.1) is 0 Å². The van der Waals surface area contributed by atoms with Crippen LogP contribution in [0.4, 0.5) is 0 Å². The second-order valence-electron chi connectivity index (χ2n) is 4.31. The molecule has 0 aromatic rings. The van der Waals surface area contributed by atoms with E-state index in [2.05, 4.69) is 32.1 Å². The van der Waals surface area contributed by atoms with Gasteiger partial charge in [-0.1, -0.05) is 50.1 Å². The van der Waals surface area contributed by atoms with Crippen LogP contribution in [0.5, 0.6) is 0 Å². The highest BCUT2D eigenvalue weighted by Crippen LogP contribution is 2.21. The molecule has 0 bridgehead atoms. The molecule has 0 saturated carbocycles. The van der Waals surface area contributed by atoms with Crippen LogP contribution < -0.4 is 0 Å². The maximum absolute atomic E-state index is 10.5. The predicted molar refractivity (Wildman–Crippen MR) is 79.5 cm³/mol. The van der Waals surface area contributed by atoms with E-state index in [1.165, 1.54) is 16.7 Å². The second-order valence-corrected chi connectivity index (χ2v) is 4.31. The Balaban J connectivity index is 0.00000137. The zero-order chi connectivity index (χ0) is 14.0. The SMILES string of the molecule is CC.CCC1=CCC(C)=C(CCN(C)C=O)C=C1. The van der Waals surface area contributed by atoms with Gasteiger partial charge in [0.05, 0.1) is 0 Å². The average Bonchev–Trinajstić information content (AvgIpc) is 2.60. The van der Waals surface area contributed by atoms with Crippen LogP contribution in [0.1, 0.15) is 47.0 Å². The average molecular weight is 249 g/mol. The molecule has 102 valence electrons. The summed E-state index contributed by atoms with van der Waals surface area (Å²) in [5, 5.41) is 0. The number of rotatable bonds is 5. The summed E-state index contributed by atoms with van der Waals surface area (Å²) in [6.07, 6.45) is 10.7. The van der Waals surface area contributed by atoms with Crippen molar-refractivity contribution in [1.82, 2.24) is 4.90 Å². The van der Waals surface area contributed by atoms with Crippen molar-refractivity contribution in [2.24, 2.45) is 0 Å². The standard InChI is InChI=1S/C14H21NO.C2H6/c1-4-13-6-5-12(2)14(8-7-13)9-10-15(3)11-16;1-2/h6-8,11H,4-5,9-10H2,1-3H3;1-2H3. The van der Waals surface area contributed by atoms with Gasteiger partial charge >= 0.3 is 0 Å². The van der Waals surface area contributed by atoms with E-state index in [1.54, 1.807) is 4.90 Å². The molecule has 0 aliphatic heterocycles. The third-order valence-corrected chi connectivity index (χ3v) is 3.04. The van der Waals surface area contributed by atoms with Gasteiger partial charge in [-0.3, -0.25) is 4.79 Å². The summed E-state index contributed by atoms with van der Waals surface area (Å²) in [4.78, 5) is 12.2. The molecule has 2 nitrogen and oxygen atoms in total. The van der Waals surface area contributed by atoms with E-state index in [4.69, 9.17) is 0 Å². The maximum Gasteiger partial charge on any atom is 0.209 e. The summed E-state index contributed by atoms with van der Waals surface area (Å²) in [7, 11) is 1.82. The molecule has 0 radical (unpaired) electrons. The lowest BCUT2D eigenvalue weighted by Gasteiger charge is -2.12. The molecular formula is C16H27NO. The molecule has 1 aliphatic rings. The molecule has 0 N–H and O–H groups in total. The Bertz CT molecular complexity index is 337. The lowest BCUT2D eigenvalue weighted by Crippen LogP contribution is -2.17. The molecule has 1 rings (SSSR count). The Morgan fingerprint density at radius 3 is 2.56 bits per heavy atom. The molecular weight excluding hydrogens is 222 g/mol. The molecule has 0 heterocycles. The van der Waals surface area contributed by atoms with Gasteiger partial charge in [0.25, 0.3) is 0 Å². The van der Waals surface area contributed by atoms with Crippen LogP contribution in [0.15, 0.2) is 34.9 Å². The first kappa shape index (κ1) is 16.7. The number of hydrogen-bond donors (Lipinski definition) is 0. The topological polar surface area (TPSA) is 20.3 Å². The minimum atomic E-state index is 0.794. The minimum absolute atomic E-state index is 0.794. The zero-order valence-electron chi connectivity index (χ0n) is 12.5. The van der Waals surface area contributed by atoms with Crippen molar-refractivity contribution in [3.63, 3.8) is 0 Å². The Morgan fingerprint density at radius 2 is 2.00 bits per heavy atom. The van der Waals surface area contributed by atoms with Gasteiger partial charge in [-0.05, 0) is 31.8 Å². The first-order valence-electron chi connectivity index (χ1n) is 6.88. The van der Waals surface area contributed by atoms with Gasteiger partial charge in [0.1, 0.15) is 0 Å². The minimum Gasteiger partial charge on any atom is -0.348 e. The monoisotopic (exact) mass is 249 g/mol. The zero-order valence-corrected chi connectivity index (χ0v) is 12.5. The van der Waals surface area contributed by atoms with Crippen LogP contribution in [0.3, 0.4) is 0 Å². The van der Waals surface area contributed by atoms with Crippen LogP contribution in [-0.2, 0) is 4.79 Å². The molecule has 1 aliphatic carbocycles. The van der Waals surface area contributed by atoms with Crippen molar-refractivity contribution in [3.8, 4) is 0 Å². The third-order valence-electron chi connectivity index (χ3n) is 3.04. The highest BCUT2D eigenvalue weighted by molar-refractivity contribution is 5.46. The molecule has 0 aromatic heterocycles. The van der Waals surface area contributed by atoms with E-state index in [0.717, 1.165) is 32.2 Å². The van der Waals surface area contributed by atoms with Gasteiger partial charge in [0.15, 0.2) is 0 Å². The van der Waals surface area contributed by atoms with Crippen molar-refractivity contribution in [2.75, 3.05) is 13.6 Å². The number of carbonyl (C=O) groups excluding carboxylic acids is 1. The van der Waals surface area contributed by atoms with Crippen molar-refractivity contribution in [2.45, 2.75) is 47.0 Å². The lowest BCUT2D eigenvalue weighted by molar-refractivity contribution is -0.116.